The first-order valence-electron chi connectivity index (χ1n) is 7.72. The van der Waals surface area contributed by atoms with E-state index in [2.05, 4.69) is 72.0 Å². The highest BCUT2D eigenvalue weighted by molar-refractivity contribution is 5.31. The number of ether oxygens (including phenoxy) is 1. The molecule has 1 aromatic carbocycles. The van der Waals surface area contributed by atoms with Gasteiger partial charge in [-0.25, -0.2) is 0 Å². The smallest absolute Gasteiger partial charge is 0.0817 e. The molecule has 0 aliphatic rings. The zero-order chi connectivity index (χ0) is 15.3. The Bertz CT molecular complexity index is 400. The molecule has 1 N–H and O–H groups in total. The van der Waals surface area contributed by atoms with Crippen molar-refractivity contribution in [1.82, 2.24) is 5.32 Å². The van der Waals surface area contributed by atoms with Crippen LogP contribution >= 0.6 is 0 Å². The summed E-state index contributed by atoms with van der Waals surface area (Å²) in [5.74, 6) is 0. The van der Waals surface area contributed by atoms with Gasteiger partial charge in [0.1, 0.15) is 0 Å². The molecule has 0 aliphatic carbocycles. The lowest BCUT2D eigenvalue weighted by Gasteiger charge is -2.37. The first kappa shape index (κ1) is 17.2. The molecule has 0 saturated heterocycles. The molecule has 0 bridgehead atoms. The third-order valence-corrected chi connectivity index (χ3v) is 3.53. The first-order valence-corrected chi connectivity index (χ1v) is 7.72. The molecule has 2 unspecified atom stereocenters. The number of aryl methyl sites for hydroxylation is 2. The molecule has 0 fully saturated rings. The second-order valence-electron chi connectivity index (χ2n) is 6.70. The van der Waals surface area contributed by atoms with Gasteiger partial charge in [-0.2, -0.15) is 0 Å². The number of rotatable bonds is 6. The standard InChI is InChI=1S/C18H31NO/c1-8-19-16(17(20-9-2)18(5,6)7)15-11-13(3)10-14(4)12-15/h10-12,16-17,19H,8-9H2,1-7H3. The topological polar surface area (TPSA) is 21.3 Å². The van der Waals surface area contributed by atoms with Crippen molar-refractivity contribution >= 4 is 0 Å². The van der Waals surface area contributed by atoms with Crippen molar-refractivity contribution in [3.05, 3.63) is 34.9 Å². The summed E-state index contributed by atoms with van der Waals surface area (Å²) in [6.07, 6.45) is 0.161. The molecule has 0 radical (unpaired) electrons. The minimum Gasteiger partial charge on any atom is -0.376 e. The van der Waals surface area contributed by atoms with Crippen molar-refractivity contribution in [1.29, 1.82) is 0 Å². The Kier molecular flexibility index (Phi) is 6.22. The third-order valence-electron chi connectivity index (χ3n) is 3.53. The largest absolute Gasteiger partial charge is 0.376 e. The van der Waals surface area contributed by atoms with Crippen LogP contribution in [-0.4, -0.2) is 19.3 Å². The van der Waals surface area contributed by atoms with Gasteiger partial charge >= 0.3 is 0 Å². The fraction of sp³-hybridized carbons (Fsp3) is 0.667. The van der Waals surface area contributed by atoms with Gasteiger partial charge in [0.15, 0.2) is 0 Å². The number of hydrogen-bond acceptors (Lipinski definition) is 2. The molecule has 2 heteroatoms. The summed E-state index contributed by atoms with van der Waals surface area (Å²) >= 11 is 0. The van der Waals surface area contributed by atoms with Crippen LogP contribution in [0.4, 0.5) is 0 Å². The van der Waals surface area contributed by atoms with Crippen molar-refractivity contribution in [2.75, 3.05) is 13.2 Å². The van der Waals surface area contributed by atoms with Crippen molar-refractivity contribution < 1.29 is 4.74 Å². The molecule has 0 amide bonds. The summed E-state index contributed by atoms with van der Waals surface area (Å²) in [7, 11) is 0. The minimum absolute atomic E-state index is 0.0977. The lowest BCUT2D eigenvalue weighted by Crippen LogP contribution is -2.42. The van der Waals surface area contributed by atoms with Crippen molar-refractivity contribution in [3.8, 4) is 0 Å². The third kappa shape index (κ3) is 4.60. The van der Waals surface area contributed by atoms with Crippen molar-refractivity contribution in [2.45, 2.75) is 60.6 Å². The van der Waals surface area contributed by atoms with Crippen molar-refractivity contribution in [2.24, 2.45) is 5.41 Å². The molecule has 1 aromatic rings. The van der Waals surface area contributed by atoms with Crippen LogP contribution in [0.3, 0.4) is 0 Å². The Morgan fingerprint density at radius 1 is 1.05 bits per heavy atom. The van der Waals surface area contributed by atoms with E-state index in [4.69, 9.17) is 4.74 Å². The molecule has 0 aromatic heterocycles. The average Bonchev–Trinajstić information content (AvgIpc) is 2.31. The molecule has 20 heavy (non-hydrogen) atoms. The van der Waals surface area contributed by atoms with Crippen LogP contribution in [0.25, 0.3) is 0 Å². The molecule has 0 saturated carbocycles. The predicted molar refractivity (Wildman–Crippen MR) is 87.2 cm³/mol. The SMILES string of the molecule is CCNC(c1cc(C)cc(C)c1)C(OCC)C(C)(C)C. The van der Waals surface area contributed by atoms with Crippen LogP contribution in [-0.2, 0) is 4.74 Å². The van der Waals surface area contributed by atoms with E-state index >= 15 is 0 Å². The van der Waals surface area contributed by atoms with Crippen molar-refractivity contribution in [3.63, 3.8) is 0 Å². The van der Waals surface area contributed by atoms with E-state index < -0.39 is 0 Å². The maximum Gasteiger partial charge on any atom is 0.0817 e. The number of likely N-dealkylation sites (N-methyl/N-ethyl adjacent to an activating group) is 1. The van der Waals surface area contributed by atoms with E-state index in [0.717, 1.165) is 13.2 Å². The van der Waals surface area contributed by atoms with Gasteiger partial charge in [0.05, 0.1) is 12.1 Å². The maximum absolute atomic E-state index is 6.09. The van der Waals surface area contributed by atoms with Gasteiger partial charge in [0.2, 0.25) is 0 Å². The zero-order valence-electron chi connectivity index (χ0n) is 14.2. The highest BCUT2D eigenvalue weighted by atomic mass is 16.5. The zero-order valence-corrected chi connectivity index (χ0v) is 14.2. The van der Waals surface area contributed by atoms with Crippen LogP contribution in [0.5, 0.6) is 0 Å². The molecular weight excluding hydrogens is 246 g/mol. The van der Waals surface area contributed by atoms with E-state index in [1.807, 2.05) is 0 Å². The van der Waals surface area contributed by atoms with Gasteiger partial charge in [0, 0.05) is 6.61 Å². The fourth-order valence-electron chi connectivity index (χ4n) is 2.83. The average molecular weight is 277 g/mol. The summed E-state index contributed by atoms with van der Waals surface area (Å²) < 4.78 is 6.09. The summed E-state index contributed by atoms with van der Waals surface area (Å²) in [5.41, 5.74) is 4.05. The Morgan fingerprint density at radius 2 is 1.60 bits per heavy atom. The first-order chi connectivity index (χ1) is 9.29. The molecular formula is C18H31NO. The summed E-state index contributed by atoms with van der Waals surface area (Å²) in [6.45, 7) is 17.0. The lowest BCUT2D eigenvalue weighted by atomic mass is 9.81. The maximum atomic E-state index is 6.09. The van der Waals surface area contributed by atoms with Crippen LogP contribution in [0.1, 0.15) is 57.4 Å². The number of benzene rings is 1. The molecule has 1 rings (SSSR count). The Labute approximate surface area is 124 Å². The Morgan fingerprint density at radius 3 is 2.00 bits per heavy atom. The Hall–Kier alpha value is -0.860. The molecule has 0 heterocycles. The highest BCUT2D eigenvalue weighted by Gasteiger charge is 2.33. The molecule has 114 valence electrons. The van der Waals surface area contributed by atoms with E-state index in [0.29, 0.717) is 0 Å². The molecule has 0 aliphatic heterocycles. The molecule has 2 nitrogen and oxygen atoms in total. The van der Waals surface area contributed by atoms with Crippen LogP contribution in [0, 0.1) is 19.3 Å². The minimum atomic E-state index is 0.0977. The lowest BCUT2D eigenvalue weighted by molar-refractivity contribution is -0.0363. The predicted octanol–water partition coefficient (Wildman–Crippen LogP) is 4.41. The number of hydrogen-bond donors (Lipinski definition) is 1. The van der Waals surface area contributed by atoms with E-state index in [1.165, 1.54) is 16.7 Å². The second kappa shape index (κ2) is 7.24. The van der Waals surface area contributed by atoms with Gasteiger partial charge in [-0.3, -0.25) is 0 Å². The quantitative estimate of drug-likeness (QED) is 0.832. The van der Waals surface area contributed by atoms with E-state index in [9.17, 15) is 0 Å². The van der Waals surface area contributed by atoms with Gasteiger partial charge in [-0.15, -0.1) is 0 Å². The summed E-state index contributed by atoms with van der Waals surface area (Å²) in [6, 6.07) is 7.01. The molecule has 0 spiro atoms. The monoisotopic (exact) mass is 277 g/mol. The summed E-state index contributed by atoms with van der Waals surface area (Å²) in [5, 5.41) is 3.62. The van der Waals surface area contributed by atoms with E-state index in [1.54, 1.807) is 0 Å². The fourth-order valence-corrected chi connectivity index (χ4v) is 2.83. The van der Waals surface area contributed by atoms with Gasteiger partial charge in [-0.1, -0.05) is 57.0 Å². The van der Waals surface area contributed by atoms with Crippen LogP contribution in [0.15, 0.2) is 18.2 Å². The van der Waals surface area contributed by atoms with Crippen LogP contribution in [0.2, 0.25) is 0 Å². The highest BCUT2D eigenvalue weighted by Crippen LogP contribution is 2.33. The number of nitrogens with one attached hydrogen (secondary N) is 1. The van der Waals surface area contributed by atoms with Crippen LogP contribution < -0.4 is 5.32 Å². The Balaban J connectivity index is 3.19. The normalized spacial score (nSPS) is 15.2. The van der Waals surface area contributed by atoms with Gasteiger partial charge in [0.25, 0.3) is 0 Å². The van der Waals surface area contributed by atoms with Gasteiger partial charge in [-0.05, 0) is 38.3 Å². The summed E-state index contributed by atoms with van der Waals surface area (Å²) in [4.78, 5) is 0. The van der Waals surface area contributed by atoms with E-state index in [-0.39, 0.29) is 17.6 Å². The molecule has 2 atom stereocenters. The second-order valence-corrected chi connectivity index (χ2v) is 6.70. The van der Waals surface area contributed by atoms with Gasteiger partial charge < -0.3 is 10.1 Å².